The molecule has 4 rings (SSSR count). The maximum Gasteiger partial charge on any atom is 0.290 e. The first-order chi connectivity index (χ1) is 12.2. The molecule has 2 aliphatic rings. The van der Waals surface area contributed by atoms with Gasteiger partial charge in [0.05, 0.1) is 13.4 Å². The highest BCUT2D eigenvalue weighted by Crippen LogP contribution is 2.33. The van der Waals surface area contributed by atoms with Gasteiger partial charge < -0.3 is 19.0 Å². The summed E-state index contributed by atoms with van der Waals surface area (Å²) in [4.78, 5) is 29.2. The number of carbonyl (C=O) groups excluding carboxylic acids is 2. The maximum atomic E-state index is 13.1. The Morgan fingerprint density at radius 3 is 2.88 bits per heavy atom. The Hall–Kier alpha value is -2.76. The lowest BCUT2D eigenvalue weighted by molar-refractivity contribution is -0.122. The van der Waals surface area contributed by atoms with E-state index in [1.165, 1.54) is 6.26 Å². The fraction of sp³-hybridized carbons (Fsp3) is 0.368. The summed E-state index contributed by atoms with van der Waals surface area (Å²) in [6, 6.07) is 8.66. The Balaban J connectivity index is 1.56. The molecule has 1 atom stereocenters. The molecule has 130 valence electrons. The largest absolute Gasteiger partial charge is 0.497 e. The molecule has 0 aliphatic carbocycles. The summed E-state index contributed by atoms with van der Waals surface area (Å²) >= 11 is 0. The number of anilines is 1. The van der Waals surface area contributed by atoms with Crippen LogP contribution in [0.4, 0.5) is 5.69 Å². The maximum absolute atomic E-state index is 13.1. The van der Waals surface area contributed by atoms with E-state index in [4.69, 9.17) is 9.15 Å². The summed E-state index contributed by atoms with van der Waals surface area (Å²) in [5.41, 5.74) is 2.03. The van der Waals surface area contributed by atoms with Crippen molar-refractivity contribution in [3.05, 3.63) is 47.9 Å². The van der Waals surface area contributed by atoms with Gasteiger partial charge in [0.15, 0.2) is 5.76 Å². The minimum Gasteiger partial charge on any atom is -0.497 e. The number of methoxy groups -OCH3 is 1. The van der Waals surface area contributed by atoms with Crippen LogP contribution >= 0.6 is 0 Å². The molecule has 1 fully saturated rings. The molecular weight excluding hydrogens is 320 g/mol. The van der Waals surface area contributed by atoms with Crippen LogP contribution < -0.4 is 9.64 Å². The third-order valence-electron chi connectivity index (χ3n) is 4.98. The van der Waals surface area contributed by atoms with Gasteiger partial charge in [0.25, 0.3) is 5.91 Å². The first-order valence-electron chi connectivity index (χ1n) is 8.52. The number of hydrogen-bond donors (Lipinski definition) is 0. The molecule has 0 N–H and O–H groups in total. The smallest absolute Gasteiger partial charge is 0.290 e. The van der Waals surface area contributed by atoms with Crippen LogP contribution in [0.25, 0.3) is 0 Å². The van der Waals surface area contributed by atoms with Gasteiger partial charge in [-0.2, -0.15) is 0 Å². The summed E-state index contributed by atoms with van der Waals surface area (Å²) in [7, 11) is 1.64. The minimum absolute atomic E-state index is 0.0127. The molecule has 0 unspecified atom stereocenters. The van der Waals surface area contributed by atoms with E-state index in [0.29, 0.717) is 19.5 Å². The van der Waals surface area contributed by atoms with Crippen molar-refractivity contribution in [2.24, 2.45) is 0 Å². The highest BCUT2D eigenvalue weighted by molar-refractivity contribution is 6.03. The molecule has 6 nitrogen and oxygen atoms in total. The number of benzene rings is 1. The zero-order valence-corrected chi connectivity index (χ0v) is 14.1. The van der Waals surface area contributed by atoms with Crippen molar-refractivity contribution in [2.75, 3.05) is 25.1 Å². The van der Waals surface area contributed by atoms with Gasteiger partial charge in [-0.3, -0.25) is 9.59 Å². The molecule has 2 aromatic rings. The molecule has 0 spiro atoms. The van der Waals surface area contributed by atoms with Gasteiger partial charge in [-0.25, -0.2) is 0 Å². The summed E-state index contributed by atoms with van der Waals surface area (Å²) in [6.45, 7) is 1.22. The van der Waals surface area contributed by atoms with Crippen molar-refractivity contribution in [3.8, 4) is 5.75 Å². The second-order valence-corrected chi connectivity index (χ2v) is 6.37. The number of ether oxygens (including phenoxy) is 1. The number of hydrogen-bond acceptors (Lipinski definition) is 4. The van der Waals surface area contributed by atoms with Crippen LogP contribution in [-0.4, -0.2) is 43.0 Å². The van der Waals surface area contributed by atoms with E-state index in [-0.39, 0.29) is 17.6 Å². The lowest BCUT2D eigenvalue weighted by Crippen LogP contribution is -2.47. The van der Waals surface area contributed by atoms with Crippen LogP contribution in [0.1, 0.15) is 29.0 Å². The Morgan fingerprint density at radius 1 is 1.24 bits per heavy atom. The van der Waals surface area contributed by atoms with Crippen LogP contribution in [0.5, 0.6) is 5.75 Å². The Morgan fingerprint density at radius 2 is 2.12 bits per heavy atom. The van der Waals surface area contributed by atoms with Crippen LogP contribution in [-0.2, 0) is 11.2 Å². The molecule has 2 amide bonds. The molecule has 1 saturated heterocycles. The molecule has 6 heteroatoms. The molecule has 1 aromatic carbocycles. The standard InChI is InChI=1S/C19H20N2O4/c1-24-14-6-7-15-13(12-14)8-10-21(15)18(22)16-4-2-9-20(16)19(23)17-5-3-11-25-17/h3,5-7,11-12,16H,2,4,8-10H2,1H3/t16-/m0/s1. The fourth-order valence-electron chi connectivity index (χ4n) is 3.72. The van der Waals surface area contributed by atoms with Crippen molar-refractivity contribution in [1.82, 2.24) is 4.90 Å². The number of nitrogens with zero attached hydrogens (tertiary/aromatic N) is 2. The Labute approximate surface area is 146 Å². The third-order valence-corrected chi connectivity index (χ3v) is 4.98. The zero-order valence-electron chi connectivity index (χ0n) is 14.1. The molecule has 1 aromatic heterocycles. The van der Waals surface area contributed by atoms with Crippen molar-refractivity contribution < 1.29 is 18.7 Å². The van der Waals surface area contributed by atoms with Gasteiger partial charge in [-0.15, -0.1) is 0 Å². The molecule has 25 heavy (non-hydrogen) atoms. The lowest BCUT2D eigenvalue weighted by Gasteiger charge is -2.27. The average Bonchev–Trinajstić information content (AvgIpc) is 3.40. The van der Waals surface area contributed by atoms with E-state index >= 15 is 0 Å². The molecule has 0 radical (unpaired) electrons. The van der Waals surface area contributed by atoms with Crippen LogP contribution in [0, 0.1) is 0 Å². The highest BCUT2D eigenvalue weighted by atomic mass is 16.5. The first kappa shape index (κ1) is 15.7. The highest BCUT2D eigenvalue weighted by Gasteiger charge is 2.39. The number of furan rings is 1. The van der Waals surface area contributed by atoms with E-state index in [1.807, 2.05) is 18.2 Å². The van der Waals surface area contributed by atoms with Crippen molar-refractivity contribution in [3.63, 3.8) is 0 Å². The quantitative estimate of drug-likeness (QED) is 0.861. The topological polar surface area (TPSA) is 63.0 Å². The number of fused-ring (bicyclic) bond motifs is 1. The summed E-state index contributed by atoms with van der Waals surface area (Å²) in [5.74, 6) is 0.853. The second-order valence-electron chi connectivity index (χ2n) is 6.37. The number of carbonyl (C=O) groups is 2. The van der Waals surface area contributed by atoms with E-state index in [0.717, 1.165) is 29.8 Å². The van der Waals surface area contributed by atoms with Crippen LogP contribution in [0.3, 0.4) is 0 Å². The van der Waals surface area contributed by atoms with Crippen molar-refractivity contribution in [2.45, 2.75) is 25.3 Å². The average molecular weight is 340 g/mol. The van der Waals surface area contributed by atoms with Gasteiger partial charge >= 0.3 is 0 Å². The summed E-state index contributed by atoms with van der Waals surface area (Å²) in [5, 5.41) is 0. The monoisotopic (exact) mass is 340 g/mol. The molecule has 3 heterocycles. The number of likely N-dealkylation sites (tertiary alicyclic amines) is 1. The normalized spacial score (nSPS) is 19.2. The lowest BCUT2D eigenvalue weighted by atomic mass is 10.1. The second kappa shape index (κ2) is 6.27. The molecule has 2 aliphatic heterocycles. The Bertz CT molecular complexity index is 800. The van der Waals surface area contributed by atoms with Crippen molar-refractivity contribution in [1.29, 1.82) is 0 Å². The Kier molecular flexibility index (Phi) is 3.95. The summed E-state index contributed by atoms with van der Waals surface area (Å²) < 4.78 is 10.5. The molecular formula is C19H20N2O4. The third kappa shape index (κ3) is 2.67. The van der Waals surface area contributed by atoms with Crippen molar-refractivity contribution >= 4 is 17.5 Å². The first-order valence-corrected chi connectivity index (χ1v) is 8.52. The molecule has 0 saturated carbocycles. The van der Waals surface area contributed by atoms with Crippen LogP contribution in [0.2, 0.25) is 0 Å². The zero-order chi connectivity index (χ0) is 17.4. The van der Waals surface area contributed by atoms with Gasteiger partial charge in [0.2, 0.25) is 5.91 Å². The van der Waals surface area contributed by atoms with Gasteiger partial charge in [0, 0.05) is 18.8 Å². The SMILES string of the molecule is COc1ccc2c(c1)CCN2C(=O)[C@@H]1CCCN1C(=O)c1ccco1. The van der Waals surface area contributed by atoms with Gasteiger partial charge in [0.1, 0.15) is 11.8 Å². The summed E-state index contributed by atoms with van der Waals surface area (Å²) in [6.07, 6.45) is 3.79. The van der Waals surface area contributed by atoms with Gasteiger partial charge in [-0.1, -0.05) is 0 Å². The van der Waals surface area contributed by atoms with E-state index in [9.17, 15) is 9.59 Å². The van der Waals surface area contributed by atoms with Gasteiger partial charge in [-0.05, 0) is 55.2 Å². The predicted molar refractivity (Wildman–Crippen MR) is 91.8 cm³/mol. The van der Waals surface area contributed by atoms with E-state index in [1.54, 1.807) is 29.0 Å². The fourth-order valence-corrected chi connectivity index (χ4v) is 3.72. The van der Waals surface area contributed by atoms with E-state index in [2.05, 4.69) is 0 Å². The predicted octanol–water partition coefficient (Wildman–Crippen LogP) is 2.48. The molecule has 0 bridgehead atoms. The number of rotatable bonds is 3. The van der Waals surface area contributed by atoms with Crippen LogP contribution in [0.15, 0.2) is 41.0 Å². The minimum atomic E-state index is -0.425. The number of amides is 2. The van der Waals surface area contributed by atoms with E-state index < -0.39 is 6.04 Å².